The third-order valence-electron chi connectivity index (χ3n) is 4.25. The van der Waals surface area contributed by atoms with E-state index >= 15 is 0 Å². The minimum atomic E-state index is 0.0967. The Morgan fingerprint density at radius 3 is 2.50 bits per heavy atom. The quantitative estimate of drug-likeness (QED) is 0.651. The smallest absolute Gasteiger partial charge is 0.0644 e. The number of halogens is 1. The summed E-state index contributed by atoms with van der Waals surface area (Å²) in [6, 6.07) is 8.11. The van der Waals surface area contributed by atoms with E-state index in [2.05, 4.69) is 30.5 Å². The van der Waals surface area contributed by atoms with Crippen LogP contribution < -0.4 is 11.3 Å². The van der Waals surface area contributed by atoms with Crippen molar-refractivity contribution in [2.75, 3.05) is 14.1 Å². The molecule has 1 aliphatic rings. The molecule has 18 heavy (non-hydrogen) atoms. The maximum Gasteiger partial charge on any atom is 0.0644 e. The minimum Gasteiger partial charge on any atom is -0.302 e. The van der Waals surface area contributed by atoms with Gasteiger partial charge in [0.2, 0.25) is 0 Å². The molecule has 100 valence electrons. The Hall–Kier alpha value is -0.610. The highest BCUT2D eigenvalue weighted by molar-refractivity contribution is 6.30. The summed E-state index contributed by atoms with van der Waals surface area (Å²) >= 11 is 6.10. The fraction of sp³-hybridized carbons (Fsp3) is 0.571. The summed E-state index contributed by atoms with van der Waals surface area (Å²) < 4.78 is 0. The lowest BCUT2D eigenvalue weighted by Crippen LogP contribution is -2.53. The molecule has 1 atom stereocenters. The lowest BCUT2D eigenvalue weighted by atomic mass is 9.83. The molecule has 0 spiro atoms. The highest BCUT2D eigenvalue weighted by Gasteiger charge is 2.43. The summed E-state index contributed by atoms with van der Waals surface area (Å²) in [6.45, 7) is 0. The van der Waals surface area contributed by atoms with Gasteiger partial charge < -0.3 is 4.90 Å². The van der Waals surface area contributed by atoms with Gasteiger partial charge in [-0.2, -0.15) is 0 Å². The zero-order valence-corrected chi connectivity index (χ0v) is 11.9. The number of hydrazine groups is 1. The van der Waals surface area contributed by atoms with Gasteiger partial charge in [-0.25, -0.2) is 0 Å². The third kappa shape index (κ3) is 2.41. The van der Waals surface area contributed by atoms with Crippen molar-refractivity contribution in [1.29, 1.82) is 0 Å². The molecule has 3 N–H and O–H groups in total. The van der Waals surface area contributed by atoms with Crippen molar-refractivity contribution in [2.45, 2.75) is 37.3 Å². The van der Waals surface area contributed by atoms with Crippen molar-refractivity contribution in [3.8, 4) is 0 Å². The number of nitrogens with zero attached hydrogens (tertiary/aromatic N) is 1. The number of rotatable bonds is 4. The van der Waals surface area contributed by atoms with Crippen LogP contribution >= 0.6 is 11.6 Å². The number of nitrogens with two attached hydrogens (primary N) is 1. The summed E-state index contributed by atoms with van der Waals surface area (Å²) in [6.07, 6.45) is 4.86. The molecule has 1 fully saturated rings. The molecule has 0 heterocycles. The number of benzene rings is 1. The Balaban J connectivity index is 2.37. The van der Waals surface area contributed by atoms with Crippen LogP contribution in [0.3, 0.4) is 0 Å². The molecular weight excluding hydrogens is 246 g/mol. The predicted molar refractivity (Wildman–Crippen MR) is 76.4 cm³/mol. The molecule has 0 saturated heterocycles. The van der Waals surface area contributed by atoms with E-state index in [9.17, 15) is 0 Å². The van der Waals surface area contributed by atoms with Gasteiger partial charge >= 0.3 is 0 Å². The highest BCUT2D eigenvalue weighted by atomic mass is 35.5. The lowest BCUT2D eigenvalue weighted by Gasteiger charge is -2.43. The van der Waals surface area contributed by atoms with Gasteiger partial charge in [0, 0.05) is 10.6 Å². The van der Waals surface area contributed by atoms with E-state index in [1.54, 1.807) is 0 Å². The molecule has 1 aromatic carbocycles. The predicted octanol–water partition coefficient (Wildman–Crippen LogP) is 2.72. The maximum absolute atomic E-state index is 6.10. The summed E-state index contributed by atoms with van der Waals surface area (Å²) in [5.74, 6) is 5.84. The highest BCUT2D eigenvalue weighted by Crippen LogP contribution is 2.43. The number of nitrogens with one attached hydrogen (secondary N) is 1. The normalized spacial score (nSPS) is 20.3. The summed E-state index contributed by atoms with van der Waals surface area (Å²) in [5.41, 5.74) is 4.27. The number of hydrogen-bond donors (Lipinski definition) is 2. The molecule has 1 aliphatic carbocycles. The molecule has 0 radical (unpaired) electrons. The van der Waals surface area contributed by atoms with E-state index in [0.29, 0.717) is 0 Å². The molecule has 0 bridgehead atoms. The second-order valence-electron chi connectivity index (χ2n) is 5.36. The van der Waals surface area contributed by atoms with Crippen LogP contribution in [0, 0.1) is 0 Å². The Morgan fingerprint density at radius 1 is 1.33 bits per heavy atom. The van der Waals surface area contributed by atoms with Crippen LogP contribution in [0.15, 0.2) is 24.3 Å². The molecule has 3 nitrogen and oxygen atoms in total. The van der Waals surface area contributed by atoms with Crippen molar-refractivity contribution < 1.29 is 0 Å². The van der Waals surface area contributed by atoms with E-state index in [1.807, 2.05) is 18.2 Å². The fourth-order valence-corrected chi connectivity index (χ4v) is 3.43. The topological polar surface area (TPSA) is 41.3 Å². The van der Waals surface area contributed by atoms with Gasteiger partial charge in [0.05, 0.1) is 6.04 Å². The Morgan fingerprint density at radius 2 is 2.00 bits per heavy atom. The zero-order valence-electron chi connectivity index (χ0n) is 11.1. The Bertz CT molecular complexity index is 400. The summed E-state index contributed by atoms with van der Waals surface area (Å²) in [4.78, 5) is 2.31. The average molecular weight is 268 g/mol. The van der Waals surface area contributed by atoms with Gasteiger partial charge in [0.1, 0.15) is 0 Å². The van der Waals surface area contributed by atoms with Crippen molar-refractivity contribution in [1.82, 2.24) is 10.3 Å². The first kappa shape index (κ1) is 13.8. The average Bonchev–Trinajstić information content (AvgIpc) is 2.81. The molecule has 2 rings (SSSR count). The van der Waals surface area contributed by atoms with E-state index in [4.69, 9.17) is 17.4 Å². The van der Waals surface area contributed by atoms with Crippen LogP contribution in [-0.2, 0) is 0 Å². The molecule has 0 amide bonds. The molecule has 1 unspecified atom stereocenters. The largest absolute Gasteiger partial charge is 0.302 e. The van der Waals surface area contributed by atoms with Gasteiger partial charge in [0.15, 0.2) is 0 Å². The first-order valence-corrected chi connectivity index (χ1v) is 6.87. The van der Waals surface area contributed by atoms with E-state index in [0.717, 1.165) is 5.02 Å². The molecule has 1 saturated carbocycles. The molecule has 0 aliphatic heterocycles. The Kier molecular flexibility index (Phi) is 4.28. The van der Waals surface area contributed by atoms with Crippen LogP contribution in [0.4, 0.5) is 0 Å². The standard InChI is InChI=1S/C14H22ClN3/c1-18(2)14(8-3-4-9-14)13(17-16)11-6-5-7-12(15)10-11/h5-7,10,13,17H,3-4,8-9,16H2,1-2H3. The van der Waals surface area contributed by atoms with Crippen molar-refractivity contribution in [3.05, 3.63) is 34.9 Å². The van der Waals surface area contributed by atoms with Gasteiger partial charge in [-0.05, 0) is 44.6 Å². The second-order valence-corrected chi connectivity index (χ2v) is 5.80. The van der Waals surface area contributed by atoms with Crippen molar-refractivity contribution in [3.63, 3.8) is 0 Å². The number of hydrogen-bond acceptors (Lipinski definition) is 3. The maximum atomic E-state index is 6.10. The third-order valence-corrected chi connectivity index (χ3v) is 4.48. The van der Waals surface area contributed by atoms with Crippen LogP contribution in [0.1, 0.15) is 37.3 Å². The monoisotopic (exact) mass is 267 g/mol. The first-order valence-electron chi connectivity index (χ1n) is 6.49. The van der Waals surface area contributed by atoms with Gasteiger partial charge in [-0.1, -0.05) is 36.6 Å². The van der Waals surface area contributed by atoms with E-state index in [1.165, 1.54) is 31.2 Å². The van der Waals surface area contributed by atoms with Crippen LogP contribution in [0.5, 0.6) is 0 Å². The fourth-order valence-electron chi connectivity index (χ4n) is 3.23. The SMILES string of the molecule is CN(C)C1(C(NN)c2cccc(Cl)c2)CCCC1. The van der Waals surface area contributed by atoms with Gasteiger partial charge in [-0.15, -0.1) is 0 Å². The van der Waals surface area contributed by atoms with Crippen LogP contribution in [-0.4, -0.2) is 24.5 Å². The zero-order chi connectivity index (χ0) is 13.2. The van der Waals surface area contributed by atoms with Crippen LogP contribution in [0.2, 0.25) is 5.02 Å². The van der Waals surface area contributed by atoms with E-state index in [-0.39, 0.29) is 11.6 Å². The molecule has 1 aromatic rings. The summed E-state index contributed by atoms with van der Waals surface area (Å²) in [5, 5.41) is 0.764. The minimum absolute atomic E-state index is 0.0967. The van der Waals surface area contributed by atoms with Crippen molar-refractivity contribution in [2.24, 2.45) is 5.84 Å². The van der Waals surface area contributed by atoms with Gasteiger partial charge in [-0.3, -0.25) is 11.3 Å². The Labute approximate surface area is 114 Å². The van der Waals surface area contributed by atoms with Crippen molar-refractivity contribution >= 4 is 11.6 Å². The molecular formula is C14H22ClN3. The molecule has 4 heteroatoms. The van der Waals surface area contributed by atoms with Gasteiger partial charge in [0.25, 0.3) is 0 Å². The first-order chi connectivity index (χ1) is 8.60. The second kappa shape index (κ2) is 5.57. The van der Waals surface area contributed by atoms with Crippen LogP contribution in [0.25, 0.3) is 0 Å². The summed E-state index contributed by atoms with van der Waals surface area (Å²) in [7, 11) is 4.28. The lowest BCUT2D eigenvalue weighted by molar-refractivity contribution is 0.105. The van der Waals surface area contributed by atoms with E-state index < -0.39 is 0 Å². The molecule has 0 aromatic heterocycles. The number of likely N-dealkylation sites (N-methyl/N-ethyl adjacent to an activating group) is 1.